The highest BCUT2D eigenvalue weighted by atomic mass is 19.1. The van der Waals surface area contributed by atoms with E-state index in [9.17, 15) is 8.78 Å². The predicted molar refractivity (Wildman–Crippen MR) is 70.9 cm³/mol. The van der Waals surface area contributed by atoms with Gasteiger partial charge in [-0.1, -0.05) is 27.2 Å². The number of hydrogen-bond donors (Lipinski definition) is 2. The molecule has 0 amide bonds. The van der Waals surface area contributed by atoms with Crippen LogP contribution in [0.15, 0.2) is 6.07 Å². The SMILES string of the molecule is CCCNc1nc(NCC(C)CC)c(F)cc1F. The van der Waals surface area contributed by atoms with Crippen molar-refractivity contribution in [3.05, 3.63) is 17.7 Å². The van der Waals surface area contributed by atoms with Crippen molar-refractivity contribution in [1.82, 2.24) is 4.98 Å². The third-order valence-corrected chi connectivity index (χ3v) is 2.79. The van der Waals surface area contributed by atoms with Crippen molar-refractivity contribution < 1.29 is 8.78 Å². The molecule has 1 aromatic heterocycles. The first-order valence-corrected chi connectivity index (χ1v) is 6.42. The minimum atomic E-state index is -0.657. The normalized spacial score (nSPS) is 12.3. The monoisotopic (exact) mass is 257 g/mol. The summed E-state index contributed by atoms with van der Waals surface area (Å²) < 4.78 is 26.9. The standard InChI is InChI=1S/C13H21F2N3/c1-4-6-16-12-10(14)7-11(15)13(18-12)17-8-9(3)5-2/h7,9H,4-6,8H2,1-3H3,(H2,16,17,18). The van der Waals surface area contributed by atoms with Crippen molar-refractivity contribution in [1.29, 1.82) is 0 Å². The van der Waals surface area contributed by atoms with Gasteiger partial charge in [-0.25, -0.2) is 13.8 Å². The summed E-state index contributed by atoms with van der Waals surface area (Å²) in [6, 6.07) is 0.865. The summed E-state index contributed by atoms with van der Waals surface area (Å²) in [6.45, 7) is 7.33. The Balaban J connectivity index is 2.77. The van der Waals surface area contributed by atoms with Crippen molar-refractivity contribution in [2.24, 2.45) is 5.92 Å². The summed E-state index contributed by atoms with van der Waals surface area (Å²) in [5, 5.41) is 5.75. The quantitative estimate of drug-likeness (QED) is 0.783. The summed E-state index contributed by atoms with van der Waals surface area (Å²) in [7, 11) is 0. The number of hydrogen-bond acceptors (Lipinski definition) is 3. The summed E-state index contributed by atoms with van der Waals surface area (Å²) >= 11 is 0. The Morgan fingerprint density at radius 2 is 1.78 bits per heavy atom. The Labute approximate surface area is 107 Å². The molecule has 1 rings (SSSR count). The zero-order valence-electron chi connectivity index (χ0n) is 11.2. The molecule has 0 saturated carbocycles. The topological polar surface area (TPSA) is 37.0 Å². The van der Waals surface area contributed by atoms with Crippen LogP contribution in [0.2, 0.25) is 0 Å². The number of pyridine rings is 1. The van der Waals surface area contributed by atoms with E-state index in [1.165, 1.54) is 0 Å². The third kappa shape index (κ3) is 4.13. The maximum atomic E-state index is 13.5. The van der Waals surface area contributed by atoms with E-state index in [4.69, 9.17) is 0 Å². The summed E-state index contributed by atoms with van der Waals surface area (Å²) in [6.07, 6.45) is 1.85. The fraction of sp³-hybridized carbons (Fsp3) is 0.615. The molecular weight excluding hydrogens is 236 g/mol. The Bertz CT molecular complexity index is 383. The molecule has 102 valence electrons. The highest BCUT2D eigenvalue weighted by Crippen LogP contribution is 2.19. The van der Waals surface area contributed by atoms with Crippen LogP contribution in [-0.2, 0) is 0 Å². The number of rotatable bonds is 7. The highest BCUT2D eigenvalue weighted by Gasteiger charge is 2.11. The molecule has 0 aliphatic carbocycles. The lowest BCUT2D eigenvalue weighted by Gasteiger charge is -2.13. The van der Waals surface area contributed by atoms with Gasteiger partial charge in [0, 0.05) is 19.2 Å². The molecule has 3 nitrogen and oxygen atoms in total. The van der Waals surface area contributed by atoms with Gasteiger partial charge in [-0.2, -0.15) is 0 Å². The molecule has 0 bridgehead atoms. The van der Waals surface area contributed by atoms with E-state index < -0.39 is 11.6 Å². The summed E-state index contributed by atoms with van der Waals surface area (Å²) in [5.74, 6) is -0.684. The van der Waals surface area contributed by atoms with Crippen molar-refractivity contribution in [3.63, 3.8) is 0 Å². The molecule has 0 fully saturated rings. The number of aromatic nitrogens is 1. The third-order valence-electron chi connectivity index (χ3n) is 2.79. The van der Waals surface area contributed by atoms with Crippen LogP contribution in [-0.4, -0.2) is 18.1 Å². The fourth-order valence-corrected chi connectivity index (χ4v) is 1.37. The first-order chi connectivity index (χ1) is 8.58. The van der Waals surface area contributed by atoms with E-state index in [0.29, 0.717) is 19.0 Å². The second-order valence-corrected chi connectivity index (χ2v) is 4.47. The molecule has 0 aliphatic rings. The minimum Gasteiger partial charge on any atom is -0.368 e. The average molecular weight is 257 g/mol. The Morgan fingerprint density at radius 3 is 2.33 bits per heavy atom. The van der Waals surface area contributed by atoms with Gasteiger partial charge < -0.3 is 10.6 Å². The molecule has 18 heavy (non-hydrogen) atoms. The van der Waals surface area contributed by atoms with E-state index in [-0.39, 0.29) is 11.6 Å². The van der Waals surface area contributed by atoms with Crippen LogP contribution < -0.4 is 10.6 Å². The average Bonchev–Trinajstić information content (AvgIpc) is 2.36. The van der Waals surface area contributed by atoms with E-state index in [0.717, 1.165) is 18.9 Å². The maximum Gasteiger partial charge on any atom is 0.168 e. The molecule has 1 atom stereocenters. The van der Waals surface area contributed by atoms with Gasteiger partial charge in [0.1, 0.15) is 0 Å². The number of halogens is 2. The van der Waals surface area contributed by atoms with E-state index in [2.05, 4.69) is 29.5 Å². The largest absolute Gasteiger partial charge is 0.368 e. The Hall–Kier alpha value is -1.39. The molecule has 2 N–H and O–H groups in total. The lowest BCUT2D eigenvalue weighted by Crippen LogP contribution is -2.14. The van der Waals surface area contributed by atoms with E-state index >= 15 is 0 Å². The number of nitrogens with one attached hydrogen (secondary N) is 2. The van der Waals surface area contributed by atoms with Crippen LogP contribution in [0.5, 0.6) is 0 Å². The molecular formula is C13H21F2N3. The molecule has 0 spiro atoms. The van der Waals surface area contributed by atoms with Crippen molar-refractivity contribution in [3.8, 4) is 0 Å². The van der Waals surface area contributed by atoms with Gasteiger partial charge in [0.2, 0.25) is 0 Å². The van der Waals surface area contributed by atoms with Gasteiger partial charge >= 0.3 is 0 Å². The van der Waals surface area contributed by atoms with Gasteiger partial charge in [-0.15, -0.1) is 0 Å². The zero-order valence-corrected chi connectivity index (χ0v) is 11.2. The number of nitrogens with zero attached hydrogens (tertiary/aromatic N) is 1. The van der Waals surface area contributed by atoms with Gasteiger partial charge in [0.25, 0.3) is 0 Å². The van der Waals surface area contributed by atoms with Gasteiger partial charge in [0.15, 0.2) is 23.3 Å². The van der Waals surface area contributed by atoms with Crippen LogP contribution in [0.3, 0.4) is 0 Å². The first-order valence-electron chi connectivity index (χ1n) is 6.42. The fourth-order valence-electron chi connectivity index (χ4n) is 1.37. The Kier molecular flexibility index (Phi) is 5.82. The predicted octanol–water partition coefficient (Wildman–Crippen LogP) is 3.64. The molecule has 0 saturated heterocycles. The van der Waals surface area contributed by atoms with Crippen molar-refractivity contribution in [2.45, 2.75) is 33.6 Å². The molecule has 0 radical (unpaired) electrons. The second-order valence-electron chi connectivity index (χ2n) is 4.47. The van der Waals surface area contributed by atoms with Gasteiger partial charge in [-0.3, -0.25) is 0 Å². The van der Waals surface area contributed by atoms with E-state index in [1.807, 2.05) is 6.92 Å². The molecule has 0 aromatic carbocycles. The highest BCUT2D eigenvalue weighted by molar-refractivity contribution is 5.47. The van der Waals surface area contributed by atoms with Gasteiger partial charge in [-0.05, 0) is 12.3 Å². The smallest absolute Gasteiger partial charge is 0.168 e. The van der Waals surface area contributed by atoms with Crippen LogP contribution >= 0.6 is 0 Å². The second kappa shape index (κ2) is 7.13. The lowest BCUT2D eigenvalue weighted by molar-refractivity contribution is 0.566. The van der Waals surface area contributed by atoms with Crippen molar-refractivity contribution in [2.75, 3.05) is 23.7 Å². The minimum absolute atomic E-state index is 0.102. The number of anilines is 2. The Morgan fingerprint density at radius 1 is 1.17 bits per heavy atom. The van der Waals surface area contributed by atoms with Crippen LogP contribution in [0.25, 0.3) is 0 Å². The molecule has 1 heterocycles. The molecule has 1 unspecified atom stereocenters. The van der Waals surface area contributed by atoms with Crippen molar-refractivity contribution >= 4 is 11.6 Å². The molecule has 1 aromatic rings. The zero-order chi connectivity index (χ0) is 13.5. The van der Waals surface area contributed by atoms with Crippen LogP contribution in [0.4, 0.5) is 20.4 Å². The lowest BCUT2D eigenvalue weighted by atomic mass is 10.1. The van der Waals surface area contributed by atoms with E-state index in [1.54, 1.807) is 0 Å². The molecule has 5 heteroatoms. The summed E-state index contributed by atoms with van der Waals surface area (Å²) in [4.78, 5) is 3.94. The van der Waals surface area contributed by atoms with Crippen LogP contribution in [0, 0.1) is 17.6 Å². The first kappa shape index (κ1) is 14.7. The summed E-state index contributed by atoms with van der Waals surface area (Å²) in [5.41, 5.74) is 0. The maximum absolute atomic E-state index is 13.5. The van der Waals surface area contributed by atoms with Gasteiger partial charge in [0.05, 0.1) is 0 Å². The van der Waals surface area contributed by atoms with Crippen LogP contribution in [0.1, 0.15) is 33.6 Å². The molecule has 0 aliphatic heterocycles.